The molecule has 0 bridgehead atoms. The van der Waals surface area contributed by atoms with Crippen molar-refractivity contribution in [2.45, 2.75) is 6.10 Å². The standard InChI is InChI=1S/C12H15N3O6S/c1-21-9(12(17)18)6-13-11(16)8-2-3-10-14-22(19,20)5-4-15(10)7-8/h2-3,7,9H,4-6H2,1H3,(H,13,16)(H,17,18). The molecule has 120 valence electrons. The van der Waals surface area contributed by atoms with Crippen molar-refractivity contribution >= 4 is 27.7 Å². The van der Waals surface area contributed by atoms with Crippen LogP contribution in [0.2, 0.25) is 0 Å². The van der Waals surface area contributed by atoms with Gasteiger partial charge in [-0.2, -0.15) is 0 Å². The van der Waals surface area contributed by atoms with Crippen molar-refractivity contribution in [3.05, 3.63) is 23.9 Å². The van der Waals surface area contributed by atoms with Gasteiger partial charge in [0.1, 0.15) is 5.84 Å². The molecule has 0 aromatic carbocycles. The van der Waals surface area contributed by atoms with Crippen LogP contribution >= 0.6 is 0 Å². The molecule has 0 aromatic rings. The monoisotopic (exact) mass is 329 g/mol. The van der Waals surface area contributed by atoms with Crippen LogP contribution < -0.4 is 5.32 Å². The van der Waals surface area contributed by atoms with Gasteiger partial charge < -0.3 is 20.1 Å². The molecule has 10 heteroatoms. The minimum absolute atomic E-state index is 0.125. The number of fused-ring (bicyclic) bond motifs is 1. The zero-order valence-corrected chi connectivity index (χ0v) is 12.5. The largest absolute Gasteiger partial charge is 0.479 e. The van der Waals surface area contributed by atoms with E-state index in [0.29, 0.717) is 0 Å². The number of amides is 1. The van der Waals surface area contributed by atoms with E-state index < -0.39 is 28.0 Å². The number of hydrogen-bond donors (Lipinski definition) is 2. The molecule has 2 rings (SSSR count). The van der Waals surface area contributed by atoms with Crippen LogP contribution in [0.4, 0.5) is 0 Å². The third-order valence-corrected chi connectivity index (χ3v) is 4.26. The molecule has 0 aliphatic carbocycles. The summed E-state index contributed by atoms with van der Waals surface area (Å²) in [6.07, 6.45) is 3.20. The van der Waals surface area contributed by atoms with Crippen LogP contribution in [0.3, 0.4) is 0 Å². The number of sulfonamides is 1. The first-order valence-corrected chi connectivity index (χ1v) is 7.96. The number of aliphatic carboxylic acids is 1. The van der Waals surface area contributed by atoms with Gasteiger partial charge in [0.25, 0.3) is 15.9 Å². The highest BCUT2D eigenvalue weighted by atomic mass is 32.2. The lowest BCUT2D eigenvalue weighted by Gasteiger charge is -2.27. The van der Waals surface area contributed by atoms with E-state index in [2.05, 4.69) is 9.71 Å². The Morgan fingerprint density at radius 2 is 2.23 bits per heavy atom. The average Bonchev–Trinajstić information content (AvgIpc) is 2.46. The molecule has 22 heavy (non-hydrogen) atoms. The second-order valence-electron chi connectivity index (χ2n) is 4.62. The molecule has 9 nitrogen and oxygen atoms in total. The fraction of sp³-hybridized carbons (Fsp3) is 0.417. The maximum Gasteiger partial charge on any atom is 0.334 e. The zero-order valence-electron chi connectivity index (χ0n) is 11.7. The second kappa shape index (κ2) is 6.28. The van der Waals surface area contributed by atoms with E-state index in [-0.39, 0.29) is 30.3 Å². The molecular weight excluding hydrogens is 314 g/mol. The molecule has 2 heterocycles. The molecule has 2 N–H and O–H groups in total. The van der Waals surface area contributed by atoms with Gasteiger partial charge in [0.15, 0.2) is 6.10 Å². The Morgan fingerprint density at radius 1 is 1.50 bits per heavy atom. The van der Waals surface area contributed by atoms with Gasteiger partial charge in [-0.3, -0.25) is 4.79 Å². The predicted molar refractivity (Wildman–Crippen MR) is 76.6 cm³/mol. The Hall–Kier alpha value is -2.20. The first-order chi connectivity index (χ1) is 10.3. The van der Waals surface area contributed by atoms with Gasteiger partial charge >= 0.3 is 5.97 Å². The summed E-state index contributed by atoms with van der Waals surface area (Å²) in [5, 5.41) is 11.3. The van der Waals surface area contributed by atoms with E-state index in [1.54, 1.807) is 4.90 Å². The number of carbonyl (C=O) groups is 2. The van der Waals surface area contributed by atoms with Gasteiger partial charge in [-0.15, -0.1) is 4.40 Å². The number of rotatable bonds is 5. The maximum atomic E-state index is 12.0. The molecule has 0 saturated carbocycles. The van der Waals surface area contributed by atoms with Gasteiger partial charge in [-0.05, 0) is 12.2 Å². The lowest BCUT2D eigenvalue weighted by molar-refractivity contribution is -0.148. The van der Waals surface area contributed by atoms with Crippen LogP contribution in [-0.2, 0) is 24.3 Å². The van der Waals surface area contributed by atoms with Crippen molar-refractivity contribution in [2.75, 3.05) is 26.0 Å². The highest BCUT2D eigenvalue weighted by Crippen LogP contribution is 2.15. The minimum Gasteiger partial charge on any atom is -0.479 e. The Bertz CT molecular complexity index is 679. The number of amidine groups is 1. The van der Waals surface area contributed by atoms with Crippen LogP contribution in [0, 0.1) is 0 Å². The summed E-state index contributed by atoms with van der Waals surface area (Å²) in [7, 11) is -2.20. The summed E-state index contributed by atoms with van der Waals surface area (Å²) in [6.45, 7) is 0.0310. The summed E-state index contributed by atoms with van der Waals surface area (Å²) in [5.74, 6) is -1.53. The van der Waals surface area contributed by atoms with E-state index >= 15 is 0 Å². The number of ether oxygens (including phenoxy) is 1. The molecule has 1 unspecified atom stereocenters. The van der Waals surface area contributed by atoms with Crippen LogP contribution in [-0.4, -0.2) is 68.2 Å². The smallest absolute Gasteiger partial charge is 0.334 e. The van der Waals surface area contributed by atoms with Crippen LogP contribution in [0.15, 0.2) is 28.3 Å². The Labute approximate surface area is 127 Å². The maximum absolute atomic E-state index is 12.0. The van der Waals surface area contributed by atoms with Gasteiger partial charge in [0.2, 0.25) is 0 Å². The van der Waals surface area contributed by atoms with Gasteiger partial charge in [-0.25, -0.2) is 13.2 Å². The summed E-state index contributed by atoms with van der Waals surface area (Å²) >= 11 is 0. The van der Waals surface area contributed by atoms with E-state index in [0.717, 1.165) is 0 Å². The van der Waals surface area contributed by atoms with E-state index in [1.165, 1.54) is 25.5 Å². The van der Waals surface area contributed by atoms with Crippen LogP contribution in [0.5, 0.6) is 0 Å². The fourth-order valence-corrected chi connectivity index (χ4v) is 2.86. The number of carboxylic acid groups (broad SMARTS) is 1. The number of carbonyl (C=O) groups excluding carboxylic acids is 1. The average molecular weight is 329 g/mol. The SMILES string of the molecule is COC(CNC(=O)C1=CN2CCS(=O)(=O)N=C2C=C1)C(=O)O. The summed E-state index contributed by atoms with van der Waals surface area (Å²) in [4.78, 5) is 24.3. The third kappa shape index (κ3) is 3.71. The van der Waals surface area contributed by atoms with E-state index in [1.807, 2.05) is 0 Å². The second-order valence-corrected chi connectivity index (χ2v) is 6.37. The molecule has 2 aliphatic heterocycles. The zero-order chi connectivity index (χ0) is 16.3. The number of nitrogens with one attached hydrogen (secondary N) is 1. The van der Waals surface area contributed by atoms with Gasteiger partial charge in [0.05, 0.1) is 17.9 Å². The minimum atomic E-state index is -3.44. The molecule has 2 aliphatic rings. The topological polar surface area (TPSA) is 125 Å². The van der Waals surface area contributed by atoms with Gasteiger partial charge in [0, 0.05) is 19.9 Å². The van der Waals surface area contributed by atoms with Crippen LogP contribution in [0.25, 0.3) is 0 Å². The lowest BCUT2D eigenvalue weighted by Crippen LogP contribution is -2.40. The van der Waals surface area contributed by atoms with Crippen molar-refractivity contribution in [2.24, 2.45) is 4.40 Å². The number of methoxy groups -OCH3 is 1. The lowest BCUT2D eigenvalue weighted by atomic mass is 10.1. The van der Waals surface area contributed by atoms with Crippen LogP contribution in [0.1, 0.15) is 0 Å². The summed E-state index contributed by atoms with van der Waals surface area (Å²) in [6, 6.07) is 0. The first kappa shape index (κ1) is 16.2. The number of nitrogens with zero attached hydrogens (tertiary/aromatic N) is 2. The Morgan fingerprint density at radius 3 is 2.86 bits per heavy atom. The molecule has 0 aromatic heterocycles. The highest BCUT2D eigenvalue weighted by molar-refractivity contribution is 7.90. The number of hydrogen-bond acceptors (Lipinski definition) is 6. The summed E-state index contributed by atoms with van der Waals surface area (Å²) < 4.78 is 31.1. The molecule has 0 saturated heterocycles. The molecule has 0 radical (unpaired) electrons. The molecule has 1 atom stereocenters. The Kier molecular flexibility index (Phi) is 4.62. The quantitative estimate of drug-likeness (QED) is 0.642. The highest BCUT2D eigenvalue weighted by Gasteiger charge is 2.25. The fourth-order valence-electron chi connectivity index (χ4n) is 1.89. The van der Waals surface area contributed by atoms with Gasteiger partial charge in [-0.1, -0.05) is 0 Å². The van der Waals surface area contributed by atoms with Crippen molar-refractivity contribution in [3.8, 4) is 0 Å². The van der Waals surface area contributed by atoms with Crippen molar-refractivity contribution in [1.29, 1.82) is 0 Å². The number of carboxylic acids is 1. The normalized spacial score (nSPS) is 20.5. The van der Waals surface area contributed by atoms with Crippen molar-refractivity contribution in [3.63, 3.8) is 0 Å². The molecular formula is C12H15N3O6S. The molecule has 0 fully saturated rings. The molecule has 0 spiro atoms. The van der Waals surface area contributed by atoms with Crippen molar-refractivity contribution < 1.29 is 27.9 Å². The molecule has 1 amide bonds. The van der Waals surface area contributed by atoms with E-state index in [9.17, 15) is 18.0 Å². The van der Waals surface area contributed by atoms with E-state index in [4.69, 9.17) is 9.84 Å². The first-order valence-electron chi connectivity index (χ1n) is 6.35. The summed E-state index contributed by atoms with van der Waals surface area (Å²) in [5.41, 5.74) is 0.276. The third-order valence-electron chi connectivity index (χ3n) is 3.09. The van der Waals surface area contributed by atoms with Crippen molar-refractivity contribution in [1.82, 2.24) is 10.2 Å². The predicted octanol–water partition coefficient (Wildman–Crippen LogP) is -1.30. The Balaban J connectivity index is 2.03.